The fraction of sp³-hybridized carbons (Fsp3) is 0.357. The summed E-state index contributed by atoms with van der Waals surface area (Å²) in [7, 11) is 0. The number of nitrogens with one attached hydrogen (secondary N) is 1. The van der Waals surface area contributed by atoms with Gasteiger partial charge in [0.1, 0.15) is 6.54 Å². The van der Waals surface area contributed by atoms with E-state index < -0.39 is 12.0 Å². The molecule has 1 aliphatic rings. The van der Waals surface area contributed by atoms with Crippen molar-refractivity contribution < 1.29 is 19.5 Å². The number of urea groups is 1. The van der Waals surface area contributed by atoms with Gasteiger partial charge in [-0.3, -0.25) is 9.59 Å². The third kappa shape index (κ3) is 3.57. The van der Waals surface area contributed by atoms with Crippen molar-refractivity contribution in [2.45, 2.75) is 25.8 Å². The Balaban J connectivity index is 2.02. The highest BCUT2D eigenvalue weighted by Crippen LogP contribution is 2.27. The normalized spacial score (nSPS) is 13.7. The van der Waals surface area contributed by atoms with Gasteiger partial charge in [-0.05, 0) is 44.0 Å². The Morgan fingerprint density at radius 3 is 2.30 bits per heavy atom. The number of hydrogen-bond acceptors (Lipinski definition) is 3. The lowest BCUT2D eigenvalue weighted by atomic mass is 10.1. The van der Waals surface area contributed by atoms with Gasteiger partial charge < -0.3 is 15.3 Å². The Labute approximate surface area is 116 Å². The van der Waals surface area contributed by atoms with Crippen LogP contribution in [0.4, 0.5) is 10.5 Å². The van der Waals surface area contributed by atoms with Crippen LogP contribution in [0.5, 0.6) is 0 Å². The average molecular weight is 276 g/mol. The van der Waals surface area contributed by atoms with Crippen LogP contribution in [-0.4, -0.2) is 40.4 Å². The lowest BCUT2D eigenvalue weighted by Gasteiger charge is -2.20. The van der Waals surface area contributed by atoms with Crippen LogP contribution in [0.25, 0.3) is 0 Å². The molecule has 0 radical (unpaired) electrons. The van der Waals surface area contributed by atoms with E-state index in [0.717, 1.165) is 12.8 Å². The van der Waals surface area contributed by atoms with E-state index in [0.29, 0.717) is 11.3 Å². The van der Waals surface area contributed by atoms with Crippen molar-refractivity contribution in [2.24, 2.45) is 0 Å². The minimum absolute atomic E-state index is 0.0163. The first-order chi connectivity index (χ1) is 9.47. The SMILES string of the molecule is CC(=O)c1ccc(NC(=O)N(CC(=O)O)C2CC2)cc1. The molecule has 1 aromatic carbocycles. The zero-order valence-electron chi connectivity index (χ0n) is 11.1. The van der Waals surface area contributed by atoms with Crippen LogP contribution < -0.4 is 5.32 Å². The maximum absolute atomic E-state index is 12.0. The van der Waals surface area contributed by atoms with E-state index >= 15 is 0 Å². The number of carbonyl (C=O) groups excluding carboxylic acids is 2. The number of carboxylic acid groups (broad SMARTS) is 1. The number of carboxylic acids is 1. The van der Waals surface area contributed by atoms with E-state index in [1.165, 1.54) is 11.8 Å². The van der Waals surface area contributed by atoms with Gasteiger partial charge in [0, 0.05) is 17.3 Å². The van der Waals surface area contributed by atoms with Crippen LogP contribution in [0.3, 0.4) is 0 Å². The molecule has 1 aromatic rings. The number of nitrogens with zero attached hydrogens (tertiary/aromatic N) is 1. The predicted octanol–water partition coefficient (Wildman–Crippen LogP) is 1.97. The minimum Gasteiger partial charge on any atom is -0.480 e. The maximum Gasteiger partial charge on any atom is 0.323 e. The average Bonchev–Trinajstić information content (AvgIpc) is 3.20. The second-order valence-corrected chi connectivity index (χ2v) is 4.82. The molecule has 6 heteroatoms. The van der Waals surface area contributed by atoms with E-state index in [1.54, 1.807) is 24.3 Å². The first-order valence-corrected chi connectivity index (χ1v) is 6.38. The zero-order chi connectivity index (χ0) is 14.7. The zero-order valence-corrected chi connectivity index (χ0v) is 11.1. The quantitative estimate of drug-likeness (QED) is 0.805. The van der Waals surface area contributed by atoms with E-state index in [1.807, 2.05) is 0 Å². The van der Waals surface area contributed by atoms with Crippen molar-refractivity contribution in [2.75, 3.05) is 11.9 Å². The summed E-state index contributed by atoms with van der Waals surface area (Å²) in [6.45, 7) is 1.16. The van der Waals surface area contributed by atoms with Gasteiger partial charge in [0.15, 0.2) is 5.78 Å². The van der Waals surface area contributed by atoms with Gasteiger partial charge in [-0.15, -0.1) is 0 Å². The highest BCUT2D eigenvalue weighted by Gasteiger charge is 2.33. The molecule has 6 nitrogen and oxygen atoms in total. The van der Waals surface area contributed by atoms with Gasteiger partial charge in [0.25, 0.3) is 0 Å². The summed E-state index contributed by atoms with van der Waals surface area (Å²) in [5.41, 5.74) is 1.10. The van der Waals surface area contributed by atoms with Crippen molar-refractivity contribution in [3.05, 3.63) is 29.8 Å². The minimum atomic E-state index is -1.03. The van der Waals surface area contributed by atoms with E-state index in [4.69, 9.17) is 5.11 Å². The highest BCUT2D eigenvalue weighted by molar-refractivity contribution is 5.95. The number of amides is 2. The fourth-order valence-corrected chi connectivity index (χ4v) is 1.88. The van der Waals surface area contributed by atoms with Crippen LogP contribution in [0, 0.1) is 0 Å². The number of rotatable bonds is 5. The van der Waals surface area contributed by atoms with Crippen molar-refractivity contribution in [1.29, 1.82) is 0 Å². The molecule has 0 aromatic heterocycles. The lowest BCUT2D eigenvalue weighted by Crippen LogP contribution is -2.40. The molecule has 0 atom stereocenters. The monoisotopic (exact) mass is 276 g/mol. The number of Topliss-reactive ketones (excluding diaryl/α,β-unsaturated/α-hetero) is 1. The molecule has 1 aliphatic carbocycles. The third-order valence-corrected chi connectivity index (χ3v) is 3.10. The summed E-state index contributed by atoms with van der Waals surface area (Å²) in [5.74, 6) is -1.08. The number of hydrogen-bond donors (Lipinski definition) is 2. The summed E-state index contributed by atoms with van der Waals surface area (Å²) in [6, 6.07) is 6.09. The molecule has 0 saturated heterocycles. The van der Waals surface area contributed by atoms with Gasteiger partial charge in [0.05, 0.1) is 0 Å². The van der Waals surface area contributed by atoms with Crippen LogP contribution in [0.2, 0.25) is 0 Å². The smallest absolute Gasteiger partial charge is 0.323 e. The van der Waals surface area contributed by atoms with Crippen molar-refractivity contribution in [3.8, 4) is 0 Å². The molecular weight excluding hydrogens is 260 g/mol. The Hall–Kier alpha value is -2.37. The summed E-state index contributed by atoms with van der Waals surface area (Å²) in [4.78, 5) is 35.3. The molecule has 0 spiro atoms. The van der Waals surface area contributed by atoms with Crippen LogP contribution in [-0.2, 0) is 4.79 Å². The predicted molar refractivity (Wildman–Crippen MR) is 72.8 cm³/mol. The van der Waals surface area contributed by atoms with Gasteiger partial charge in [-0.1, -0.05) is 0 Å². The second kappa shape index (κ2) is 5.73. The summed E-state index contributed by atoms with van der Waals surface area (Å²) in [6.07, 6.45) is 1.67. The standard InChI is InChI=1S/C14H16N2O4/c1-9(17)10-2-4-11(5-3-10)15-14(20)16(8-13(18)19)12-6-7-12/h2-5,12H,6-8H2,1H3,(H,15,20)(H,18,19). The van der Waals surface area contributed by atoms with E-state index in [2.05, 4.69) is 5.32 Å². The molecular formula is C14H16N2O4. The molecule has 0 bridgehead atoms. The first-order valence-electron chi connectivity index (χ1n) is 6.38. The Morgan fingerprint density at radius 1 is 1.25 bits per heavy atom. The molecule has 1 saturated carbocycles. The highest BCUT2D eigenvalue weighted by atomic mass is 16.4. The Kier molecular flexibility index (Phi) is 4.02. The number of carbonyl (C=O) groups is 3. The summed E-state index contributed by atoms with van der Waals surface area (Å²) >= 11 is 0. The fourth-order valence-electron chi connectivity index (χ4n) is 1.88. The van der Waals surface area contributed by atoms with Crippen molar-refractivity contribution >= 4 is 23.5 Å². The van der Waals surface area contributed by atoms with Crippen LogP contribution >= 0.6 is 0 Å². The van der Waals surface area contributed by atoms with Gasteiger partial charge >= 0.3 is 12.0 Å². The summed E-state index contributed by atoms with van der Waals surface area (Å²) < 4.78 is 0. The number of anilines is 1. The number of aliphatic carboxylic acids is 1. The van der Waals surface area contributed by atoms with Gasteiger partial charge in [-0.2, -0.15) is 0 Å². The molecule has 106 valence electrons. The molecule has 2 rings (SSSR count). The summed E-state index contributed by atoms with van der Waals surface area (Å²) in [5, 5.41) is 11.5. The molecule has 0 unspecified atom stereocenters. The molecule has 2 N–H and O–H groups in total. The molecule has 0 aliphatic heterocycles. The van der Waals surface area contributed by atoms with E-state index in [9.17, 15) is 14.4 Å². The molecule has 20 heavy (non-hydrogen) atoms. The maximum atomic E-state index is 12.0. The van der Waals surface area contributed by atoms with E-state index in [-0.39, 0.29) is 18.4 Å². The number of benzene rings is 1. The van der Waals surface area contributed by atoms with Gasteiger partial charge in [-0.25, -0.2) is 4.79 Å². The first kappa shape index (κ1) is 14.0. The van der Waals surface area contributed by atoms with Crippen LogP contribution in [0.1, 0.15) is 30.1 Å². The molecule has 2 amide bonds. The third-order valence-electron chi connectivity index (χ3n) is 3.10. The topological polar surface area (TPSA) is 86.7 Å². The van der Waals surface area contributed by atoms with Gasteiger partial charge in [0.2, 0.25) is 0 Å². The Morgan fingerprint density at radius 2 is 1.85 bits per heavy atom. The van der Waals surface area contributed by atoms with Crippen molar-refractivity contribution in [3.63, 3.8) is 0 Å². The largest absolute Gasteiger partial charge is 0.480 e. The lowest BCUT2D eigenvalue weighted by molar-refractivity contribution is -0.137. The number of ketones is 1. The molecule has 0 heterocycles. The molecule has 1 fully saturated rings. The Bertz CT molecular complexity index is 535. The second-order valence-electron chi connectivity index (χ2n) is 4.82. The van der Waals surface area contributed by atoms with Crippen molar-refractivity contribution in [1.82, 2.24) is 4.90 Å². The van der Waals surface area contributed by atoms with Crippen LogP contribution in [0.15, 0.2) is 24.3 Å².